The molecule has 4 aliphatic rings. The molecular formula is C22H25F3N4O2. The van der Waals surface area contributed by atoms with Gasteiger partial charge in [0.25, 0.3) is 0 Å². The maximum atomic E-state index is 14.1. The van der Waals surface area contributed by atoms with Gasteiger partial charge in [0, 0.05) is 23.9 Å². The molecule has 0 radical (unpaired) electrons. The Morgan fingerprint density at radius 1 is 1.13 bits per heavy atom. The highest BCUT2D eigenvalue weighted by atomic mass is 19.4. The highest BCUT2D eigenvalue weighted by Crippen LogP contribution is 2.85. The number of rotatable bonds is 4. The summed E-state index contributed by atoms with van der Waals surface area (Å²) in [5, 5.41) is 11.3. The van der Waals surface area contributed by atoms with Gasteiger partial charge in [-0.1, -0.05) is 6.07 Å². The fraction of sp³-hybridized carbons (Fsp3) is 0.591. The predicted molar refractivity (Wildman–Crippen MR) is 107 cm³/mol. The van der Waals surface area contributed by atoms with Gasteiger partial charge in [-0.15, -0.1) is 0 Å². The van der Waals surface area contributed by atoms with Crippen molar-refractivity contribution in [3.8, 4) is 11.5 Å². The van der Waals surface area contributed by atoms with E-state index >= 15 is 0 Å². The van der Waals surface area contributed by atoms with Crippen LogP contribution in [0.15, 0.2) is 24.3 Å². The average molecular weight is 434 g/mol. The maximum absolute atomic E-state index is 14.1. The normalized spacial score (nSPS) is 37.4. The molecule has 0 bridgehead atoms. The first-order valence-corrected chi connectivity index (χ1v) is 10.7. The number of benzene rings is 1. The number of anilines is 1. The zero-order chi connectivity index (χ0) is 21.7. The first-order chi connectivity index (χ1) is 14.8. The molecule has 9 heteroatoms. The lowest BCUT2D eigenvalue weighted by molar-refractivity contribution is -0.173. The Hall–Kier alpha value is -2.42. The van der Waals surface area contributed by atoms with E-state index in [0.29, 0.717) is 41.1 Å². The summed E-state index contributed by atoms with van der Waals surface area (Å²) in [5.74, 6) is 3.06. The molecule has 0 amide bonds. The minimum atomic E-state index is -4.39. The van der Waals surface area contributed by atoms with E-state index in [4.69, 9.17) is 9.47 Å². The second-order valence-corrected chi connectivity index (χ2v) is 9.25. The van der Waals surface area contributed by atoms with Crippen molar-refractivity contribution >= 4 is 5.82 Å². The summed E-state index contributed by atoms with van der Waals surface area (Å²) >= 11 is 0. The van der Waals surface area contributed by atoms with Crippen molar-refractivity contribution in [3.05, 3.63) is 35.5 Å². The summed E-state index contributed by atoms with van der Waals surface area (Å²) in [7, 11) is 3.05. The third-order valence-electron chi connectivity index (χ3n) is 7.96. The zero-order valence-electron chi connectivity index (χ0n) is 17.5. The minimum Gasteiger partial charge on any atom is -0.493 e. The number of aromatic nitrogens is 2. The second kappa shape index (κ2) is 6.09. The van der Waals surface area contributed by atoms with Gasteiger partial charge in [0.05, 0.1) is 26.0 Å². The molecule has 1 saturated heterocycles. The SMILES string of the molecule is COc1ccc(C2CC(C(F)(F)F)n3nc([C@@]45C6C(C)NC[C@@H]4[C@@H]65)cc3N2)cc1OC. The summed E-state index contributed by atoms with van der Waals surface area (Å²) in [5.41, 5.74) is 1.54. The number of fused-ring (bicyclic) bond motifs is 3. The number of nitrogens with zero attached hydrogens (tertiary/aromatic N) is 2. The molecule has 166 valence electrons. The van der Waals surface area contributed by atoms with Crippen LogP contribution in [0.4, 0.5) is 19.0 Å². The Morgan fingerprint density at radius 3 is 2.55 bits per heavy atom. The van der Waals surface area contributed by atoms with Gasteiger partial charge in [0.2, 0.25) is 0 Å². The standard InChI is InChI=1S/C22H25F3N4O2/c1-10-19-20-12(9-26-10)21(19,20)16-8-18-27-13(7-17(22(23,24)25)29(18)28-16)11-4-5-14(30-2)15(6-11)31-3/h4-6,8,10,12-13,17,19-20,26-27H,7,9H2,1-3H3/t10?,12-,13?,17?,19?,20+,21-/m1/s1. The maximum Gasteiger partial charge on any atom is 0.410 e. The summed E-state index contributed by atoms with van der Waals surface area (Å²) in [6.07, 6.45) is -4.52. The van der Waals surface area contributed by atoms with Gasteiger partial charge in [-0.05, 0) is 48.9 Å². The number of halogens is 3. The molecule has 1 aromatic carbocycles. The quantitative estimate of drug-likeness (QED) is 0.769. The van der Waals surface area contributed by atoms with E-state index in [1.807, 2.05) is 6.07 Å². The number of hydrogen-bond acceptors (Lipinski definition) is 5. The highest BCUT2D eigenvalue weighted by Gasteiger charge is 2.90. The predicted octanol–water partition coefficient (Wildman–Crippen LogP) is 3.67. The van der Waals surface area contributed by atoms with Crippen molar-refractivity contribution in [2.45, 2.75) is 43.1 Å². The van der Waals surface area contributed by atoms with Crippen LogP contribution in [0.3, 0.4) is 0 Å². The summed E-state index contributed by atoms with van der Waals surface area (Å²) < 4.78 is 53.9. The Balaban J connectivity index is 1.36. The van der Waals surface area contributed by atoms with Crippen LogP contribution in [-0.4, -0.2) is 42.8 Å². The Kier molecular flexibility index (Phi) is 3.79. The van der Waals surface area contributed by atoms with Gasteiger partial charge in [-0.3, -0.25) is 0 Å². The number of piperidine rings is 2. The number of alkyl halides is 3. The number of nitrogens with one attached hydrogen (secondary N) is 2. The molecule has 2 saturated carbocycles. The third-order valence-corrected chi connectivity index (χ3v) is 7.96. The molecule has 1 aromatic heterocycles. The van der Waals surface area contributed by atoms with E-state index in [-0.39, 0.29) is 11.8 Å². The molecule has 3 heterocycles. The van der Waals surface area contributed by atoms with E-state index in [0.717, 1.165) is 17.8 Å². The first kappa shape index (κ1) is 19.3. The highest BCUT2D eigenvalue weighted by molar-refractivity contribution is 5.56. The van der Waals surface area contributed by atoms with Gasteiger partial charge >= 0.3 is 6.18 Å². The van der Waals surface area contributed by atoms with E-state index in [1.165, 1.54) is 18.9 Å². The molecule has 0 spiro atoms. The third kappa shape index (κ3) is 2.46. The largest absolute Gasteiger partial charge is 0.493 e. The Bertz CT molecular complexity index is 1050. The summed E-state index contributed by atoms with van der Waals surface area (Å²) in [6, 6.07) is 5.33. The topological polar surface area (TPSA) is 60.3 Å². The Morgan fingerprint density at radius 2 is 1.90 bits per heavy atom. The van der Waals surface area contributed by atoms with Crippen LogP contribution < -0.4 is 20.1 Å². The molecule has 31 heavy (non-hydrogen) atoms. The zero-order valence-corrected chi connectivity index (χ0v) is 17.5. The summed E-state index contributed by atoms with van der Waals surface area (Å²) in [4.78, 5) is 0. The van der Waals surface area contributed by atoms with Gasteiger partial charge in [0.15, 0.2) is 17.5 Å². The number of hydrogen-bond donors (Lipinski definition) is 2. The average Bonchev–Trinajstić information content (AvgIpc) is 3.57. The van der Waals surface area contributed by atoms with Crippen LogP contribution in [0.1, 0.15) is 36.7 Å². The van der Waals surface area contributed by atoms with Crippen LogP contribution in [0.5, 0.6) is 11.5 Å². The molecule has 2 aromatic rings. The van der Waals surface area contributed by atoms with Crippen molar-refractivity contribution in [1.82, 2.24) is 15.1 Å². The smallest absolute Gasteiger partial charge is 0.410 e. The van der Waals surface area contributed by atoms with E-state index in [1.54, 1.807) is 18.2 Å². The molecule has 6 nitrogen and oxygen atoms in total. The van der Waals surface area contributed by atoms with Crippen molar-refractivity contribution in [2.75, 3.05) is 26.1 Å². The van der Waals surface area contributed by atoms with Crippen molar-refractivity contribution < 1.29 is 22.6 Å². The van der Waals surface area contributed by atoms with Crippen LogP contribution in [0.2, 0.25) is 0 Å². The van der Waals surface area contributed by atoms with Gasteiger partial charge < -0.3 is 20.1 Å². The second-order valence-electron chi connectivity index (χ2n) is 9.25. The molecule has 3 fully saturated rings. The fourth-order valence-corrected chi connectivity index (χ4v) is 6.42. The van der Waals surface area contributed by atoms with Crippen molar-refractivity contribution in [3.63, 3.8) is 0 Å². The molecular weight excluding hydrogens is 409 g/mol. The molecule has 2 aliphatic heterocycles. The van der Waals surface area contributed by atoms with Gasteiger partial charge in [-0.2, -0.15) is 18.3 Å². The van der Waals surface area contributed by atoms with Crippen molar-refractivity contribution in [2.24, 2.45) is 17.8 Å². The molecule has 2 aliphatic carbocycles. The molecule has 7 atom stereocenters. The Labute approximate surface area is 178 Å². The van der Waals surface area contributed by atoms with Crippen LogP contribution in [0, 0.1) is 17.8 Å². The minimum absolute atomic E-state index is 0.00827. The lowest BCUT2D eigenvalue weighted by atomic mass is 9.85. The van der Waals surface area contributed by atoms with Gasteiger partial charge in [-0.25, -0.2) is 4.68 Å². The number of methoxy groups -OCH3 is 2. The lowest BCUT2D eigenvalue weighted by Gasteiger charge is -2.33. The van der Waals surface area contributed by atoms with E-state index < -0.39 is 18.3 Å². The van der Waals surface area contributed by atoms with Crippen LogP contribution in [-0.2, 0) is 5.41 Å². The van der Waals surface area contributed by atoms with E-state index in [2.05, 4.69) is 22.7 Å². The van der Waals surface area contributed by atoms with Gasteiger partial charge in [0.1, 0.15) is 5.82 Å². The number of ether oxygens (including phenoxy) is 2. The molecule has 2 N–H and O–H groups in total. The van der Waals surface area contributed by atoms with E-state index in [9.17, 15) is 13.2 Å². The fourth-order valence-electron chi connectivity index (χ4n) is 6.42. The first-order valence-electron chi connectivity index (χ1n) is 10.7. The van der Waals surface area contributed by atoms with Crippen LogP contribution in [0.25, 0.3) is 0 Å². The monoisotopic (exact) mass is 434 g/mol. The summed E-state index contributed by atoms with van der Waals surface area (Å²) in [6.45, 7) is 3.09. The van der Waals surface area contributed by atoms with Crippen molar-refractivity contribution in [1.29, 1.82) is 0 Å². The molecule has 6 rings (SSSR count). The molecule has 4 unspecified atom stereocenters. The van der Waals surface area contributed by atoms with Crippen LogP contribution >= 0.6 is 0 Å². The lowest BCUT2D eigenvalue weighted by Crippen LogP contribution is -2.45.